The van der Waals surface area contributed by atoms with Gasteiger partial charge in [-0.2, -0.15) is 5.26 Å². The smallest absolute Gasteiger partial charge is 0.178 e. The van der Waals surface area contributed by atoms with E-state index in [1.54, 1.807) is 36.4 Å². The third-order valence-electron chi connectivity index (χ3n) is 2.33. The quantitative estimate of drug-likeness (QED) is 0.771. The molecule has 0 saturated carbocycles. The number of nitriles is 1. The average Bonchev–Trinajstić information content (AvgIpc) is 2.40. The second-order valence-corrected chi connectivity index (χ2v) is 3.65. The van der Waals surface area contributed by atoms with E-state index in [-0.39, 0.29) is 5.78 Å². The molecule has 1 aromatic carbocycles. The lowest BCUT2D eigenvalue weighted by atomic mass is 10.2. The van der Waals surface area contributed by atoms with Crippen LogP contribution >= 0.6 is 0 Å². The number of pyridine rings is 1. The van der Waals surface area contributed by atoms with Crippen LogP contribution in [-0.2, 0) is 0 Å². The van der Waals surface area contributed by atoms with Gasteiger partial charge in [0.15, 0.2) is 5.78 Å². The van der Waals surface area contributed by atoms with E-state index in [2.05, 4.69) is 4.98 Å². The third kappa shape index (κ3) is 2.53. The summed E-state index contributed by atoms with van der Waals surface area (Å²) in [6.07, 6.45) is 1.46. The number of hydrogen-bond acceptors (Lipinski definition) is 4. The minimum Gasteiger partial charge on any atom is -0.454 e. The fraction of sp³-hybridized carbons (Fsp3) is 0.0714. The first-order valence-electron chi connectivity index (χ1n) is 5.34. The van der Waals surface area contributed by atoms with Gasteiger partial charge in [0.1, 0.15) is 23.3 Å². The SMILES string of the molecule is CC(=O)c1ccc(Oc2ccccc2C#N)cn1. The minimum atomic E-state index is -0.0982. The highest BCUT2D eigenvalue weighted by Gasteiger charge is 2.05. The predicted molar refractivity (Wildman–Crippen MR) is 65.5 cm³/mol. The van der Waals surface area contributed by atoms with E-state index in [0.717, 1.165) is 0 Å². The van der Waals surface area contributed by atoms with Crippen LogP contribution in [0.3, 0.4) is 0 Å². The van der Waals surface area contributed by atoms with Crippen LogP contribution in [0.1, 0.15) is 23.0 Å². The van der Waals surface area contributed by atoms with E-state index in [0.29, 0.717) is 22.8 Å². The molecule has 0 aliphatic carbocycles. The standard InChI is InChI=1S/C14H10N2O2/c1-10(17)13-7-6-12(9-16-13)18-14-5-3-2-4-11(14)8-15/h2-7,9H,1H3. The fourth-order valence-electron chi connectivity index (χ4n) is 1.42. The van der Waals surface area contributed by atoms with Crippen molar-refractivity contribution >= 4 is 5.78 Å². The van der Waals surface area contributed by atoms with Crippen molar-refractivity contribution in [2.45, 2.75) is 6.92 Å². The highest BCUT2D eigenvalue weighted by atomic mass is 16.5. The highest BCUT2D eigenvalue weighted by molar-refractivity contribution is 5.92. The van der Waals surface area contributed by atoms with E-state index >= 15 is 0 Å². The van der Waals surface area contributed by atoms with Crippen molar-refractivity contribution in [3.63, 3.8) is 0 Å². The summed E-state index contributed by atoms with van der Waals surface area (Å²) in [5.74, 6) is 0.860. The van der Waals surface area contributed by atoms with E-state index in [4.69, 9.17) is 10.00 Å². The summed E-state index contributed by atoms with van der Waals surface area (Å²) in [5.41, 5.74) is 0.837. The Morgan fingerprint density at radius 1 is 1.28 bits per heavy atom. The van der Waals surface area contributed by atoms with Crippen molar-refractivity contribution in [2.75, 3.05) is 0 Å². The Morgan fingerprint density at radius 2 is 2.06 bits per heavy atom. The summed E-state index contributed by atoms with van der Waals surface area (Å²) in [6.45, 7) is 1.45. The zero-order valence-electron chi connectivity index (χ0n) is 9.75. The molecule has 0 saturated heterocycles. The van der Waals surface area contributed by atoms with Crippen LogP contribution in [-0.4, -0.2) is 10.8 Å². The maximum Gasteiger partial charge on any atom is 0.178 e. The van der Waals surface area contributed by atoms with Gasteiger partial charge in [-0.05, 0) is 24.3 Å². The molecule has 88 valence electrons. The van der Waals surface area contributed by atoms with Gasteiger partial charge in [0.05, 0.1) is 11.8 Å². The number of nitrogens with zero attached hydrogens (tertiary/aromatic N) is 2. The maximum absolute atomic E-state index is 11.1. The molecule has 0 bridgehead atoms. The van der Waals surface area contributed by atoms with Crippen LogP contribution in [0, 0.1) is 11.3 Å². The molecule has 2 aromatic rings. The molecule has 0 spiro atoms. The number of ether oxygens (including phenoxy) is 1. The molecule has 0 N–H and O–H groups in total. The molecule has 0 aliphatic heterocycles. The van der Waals surface area contributed by atoms with Crippen LogP contribution < -0.4 is 4.74 Å². The molecule has 0 amide bonds. The molecule has 0 fully saturated rings. The fourth-order valence-corrected chi connectivity index (χ4v) is 1.42. The van der Waals surface area contributed by atoms with Crippen LogP contribution in [0.15, 0.2) is 42.6 Å². The molecule has 4 heteroatoms. The van der Waals surface area contributed by atoms with Gasteiger partial charge >= 0.3 is 0 Å². The number of rotatable bonds is 3. The van der Waals surface area contributed by atoms with Crippen molar-refractivity contribution in [3.8, 4) is 17.6 Å². The number of benzene rings is 1. The Hall–Kier alpha value is -2.67. The number of Topliss-reactive ketones (excluding diaryl/α,β-unsaturated/α-hetero) is 1. The van der Waals surface area contributed by atoms with Gasteiger partial charge in [-0.1, -0.05) is 12.1 Å². The third-order valence-corrected chi connectivity index (χ3v) is 2.33. The first-order chi connectivity index (χ1) is 8.70. The Balaban J connectivity index is 2.24. The van der Waals surface area contributed by atoms with Crippen LogP contribution in [0.25, 0.3) is 0 Å². The summed E-state index contributed by atoms with van der Waals surface area (Å²) in [5, 5.41) is 8.92. The van der Waals surface area contributed by atoms with E-state index < -0.39 is 0 Å². The van der Waals surface area contributed by atoms with Crippen LogP contribution in [0.4, 0.5) is 0 Å². The zero-order valence-corrected chi connectivity index (χ0v) is 9.75. The van der Waals surface area contributed by atoms with Crippen molar-refractivity contribution < 1.29 is 9.53 Å². The topological polar surface area (TPSA) is 63.0 Å². The second-order valence-electron chi connectivity index (χ2n) is 3.65. The van der Waals surface area contributed by atoms with Gasteiger partial charge < -0.3 is 4.74 Å². The Morgan fingerprint density at radius 3 is 2.67 bits per heavy atom. The second kappa shape index (κ2) is 5.11. The zero-order chi connectivity index (χ0) is 13.0. The molecule has 2 rings (SSSR count). The van der Waals surface area contributed by atoms with Crippen molar-refractivity contribution in [3.05, 3.63) is 53.9 Å². The van der Waals surface area contributed by atoms with E-state index in [1.165, 1.54) is 13.1 Å². The van der Waals surface area contributed by atoms with Crippen LogP contribution in [0.2, 0.25) is 0 Å². The van der Waals surface area contributed by atoms with Gasteiger partial charge in [0.25, 0.3) is 0 Å². The lowest BCUT2D eigenvalue weighted by molar-refractivity contribution is 0.101. The van der Waals surface area contributed by atoms with Gasteiger partial charge in [-0.3, -0.25) is 4.79 Å². The summed E-state index contributed by atoms with van der Waals surface area (Å²) < 4.78 is 5.54. The molecule has 0 radical (unpaired) electrons. The van der Waals surface area contributed by atoms with Gasteiger partial charge in [0, 0.05) is 6.92 Å². The number of para-hydroxylation sites is 1. The number of hydrogen-bond donors (Lipinski definition) is 0. The largest absolute Gasteiger partial charge is 0.454 e. The van der Waals surface area contributed by atoms with Crippen molar-refractivity contribution in [1.29, 1.82) is 5.26 Å². The molecule has 1 aromatic heterocycles. The summed E-state index contributed by atoms with van der Waals surface area (Å²) in [4.78, 5) is 15.0. The lowest BCUT2D eigenvalue weighted by Crippen LogP contribution is -1.96. The predicted octanol–water partition coefficient (Wildman–Crippen LogP) is 2.95. The van der Waals surface area contributed by atoms with Crippen molar-refractivity contribution in [2.24, 2.45) is 0 Å². The first-order valence-corrected chi connectivity index (χ1v) is 5.34. The monoisotopic (exact) mass is 238 g/mol. The average molecular weight is 238 g/mol. The maximum atomic E-state index is 11.1. The van der Waals surface area contributed by atoms with E-state index in [1.807, 2.05) is 6.07 Å². The molecule has 1 heterocycles. The first kappa shape index (κ1) is 11.8. The summed E-state index contributed by atoms with van der Waals surface area (Å²) in [6, 6.07) is 12.2. The number of aromatic nitrogens is 1. The molecule has 18 heavy (non-hydrogen) atoms. The summed E-state index contributed by atoms with van der Waals surface area (Å²) in [7, 11) is 0. The number of carbonyl (C=O) groups is 1. The Kier molecular flexibility index (Phi) is 3.35. The molecule has 0 aliphatic rings. The number of carbonyl (C=O) groups excluding carboxylic acids is 1. The molecule has 4 nitrogen and oxygen atoms in total. The van der Waals surface area contributed by atoms with Gasteiger partial charge in [-0.25, -0.2) is 4.98 Å². The Labute approximate surface area is 104 Å². The summed E-state index contributed by atoms with van der Waals surface area (Å²) >= 11 is 0. The molecule has 0 atom stereocenters. The van der Waals surface area contributed by atoms with Gasteiger partial charge in [0.2, 0.25) is 0 Å². The van der Waals surface area contributed by atoms with Crippen LogP contribution in [0.5, 0.6) is 11.5 Å². The molecule has 0 unspecified atom stereocenters. The minimum absolute atomic E-state index is 0.0982. The Bertz CT molecular complexity index is 612. The lowest BCUT2D eigenvalue weighted by Gasteiger charge is -2.06. The van der Waals surface area contributed by atoms with Gasteiger partial charge in [-0.15, -0.1) is 0 Å². The molecular weight excluding hydrogens is 228 g/mol. The van der Waals surface area contributed by atoms with Crippen molar-refractivity contribution in [1.82, 2.24) is 4.98 Å². The molecular formula is C14H10N2O2. The number of ketones is 1. The normalized spacial score (nSPS) is 9.56. The highest BCUT2D eigenvalue weighted by Crippen LogP contribution is 2.24. The van der Waals surface area contributed by atoms with E-state index in [9.17, 15) is 4.79 Å².